The van der Waals surface area contributed by atoms with Gasteiger partial charge in [0.15, 0.2) is 0 Å². The Morgan fingerprint density at radius 3 is 2.31 bits per heavy atom. The number of nitrogens with two attached hydrogens (primary N) is 1. The van der Waals surface area contributed by atoms with E-state index in [4.69, 9.17) is 5.73 Å². The van der Waals surface area contributed by atoms with Crippen molar-refractivity contribution in [3.8, 4) is 0 Å². The maximum atomic E-state index is 11.0. The average Bonchev–Trinajstić information content (AvgIpc) is 2.41. The predicted molar refractivity (Wildman–Crippen MR) is 66.6 cm³/mol. The van der Waals surface area contributed by atoms with E-state index in [0.717, 1.165) is 19.3 Å². The zero-order chi connectivity index (χ0) is 12.4. The van der Waals surface area contributed by atoms with Gasteiger partial charge in [-0.05, 0) is 43.1 Å². The minimum atomic E-state index is -3.07. The molecular formula is C11H24N2O2S. The third-order valence-corrected chi connectivity index (χ3v) is 4.37. The summed E-state index contributed by atoms with van der Waals surface area (Å²) in [6.07, 6.45) is 5.44. The highest BCUT2D eigenvalue weighted by atomic mass is 32.2. The van der Waals surface area contributed by atoms with Gasteiger partial charge in [-0.25, -0.2) is 13.1 Å². The van der Waals surface area contributed by atoms with E-state index in [9.17, 15) is 8.42 Å². The van der Waals surface area contributed by atoms with Gasteiger partial charge in [0.1, 0.15) is 0 Å². The molecule has 1 rings (SSSR count). The van der Waals surface area contributed by atoms with Gasteiger partial charge < -0.3 is 5.73 Å². The second kappa shape index (κ2) is 4.63. The van der Waals surface area contributed by atoms with E-state index >= 15 is 0 Å². The quantitative estimate of drug-likeness (QED) is 0.764. The SMILES string of the molecule is CC1(C)CCC(CN)(CCNS(C)(=O)=O)C1. The van der Waals surface area contributed by atoms with Gasteiger partial charge in [-0.1, -0.05) is 13.8 Å². The molecule has 0 aromatic carbocycles. The smallest absolute Gasteiger partial charge is 0.208 e. The topological polar surface area (TPSA) is 72.2 Å². The van der Waals surface area contributed by atoms with E-state index < -0.39 is 10.0 Å². The van der Waals surface area contributed by atoms with Gasteiger partial charge in [-0.2, -0.15) is 0 Å². The van der Waals surface area contributed by atoms with E-state index in [1.807, 2.05) is 0 Å². The normalized spacial score (nSPS) is 29.5. The molecule has 1 fully saturated rings. The molecule has 1 unspecified atom stereocenters. The zero-order valence-electron chi connectivity index (χ0n) is 10.5. The molecule has 4 nitrogen and oxygen atoms in total. The summed E-state index contributed by atoms with van der Waals surface area (Å²) in [5, 5.41) is 0. The molecule has 0 saturated heterocycles. The Hall–Kier alpha value is -0.130. The fourth-order valence-electron chi connectivity index (χ4n) is 2.79. The van der Waals surface area contributed by atoms with Gasteiger partial charge >= 0.3 is 0 Å². The lowest BCUT2D eigenvalue weighted by molar-refractivity contribution is 0.245. The van der Waals surface area contributed by atoms with Crippen molar-refractivity contribution in [1.82, 2.24) is 4.72 Å². The maximum absolute atomic E-state index is 11.0. The van der Waals surface area contributed by atoms with Crippen molar-refractivity contribution in [2.24, 2.45) is 16.6 Å². The molecule has 96 valence electrons. The Kier molecular flexibility index (Phi) is 4.03. The summed E-state index contributed by atoms with van der Waals surface area (Å²) in [5.74, 6) is 0. The second-order valence-corrected chi connectivity index (χ2v) is 7.79. The maximum Gasteiger partial charge on any atom is 0.208 e. The Morgan fingerprint density at radius 2 is 1.94 bits per heavy atom. The van der Waals surface area contributed by atoms with Crippen LogP contribution in [0.2, 0.25) is 0 Å². The van der Waals surface area contributed by atoms with Crippen LogP contribution in [-0.4, -0.2) is 27.8 Å². The number of nitrogens with one attached hydrogen (secondary N) is 1. The highest BCUT2D eigenvalue weighted by Crippen LogP contribution is 2.50. The van der Waals surface area contributed by atoms with Crippen molar-refractivity contribution < 1.29 is 8.42 Å². The molecule has 5 heteroatoms. The van der Waals surface area contributed by atoms with Gasteiger partial charge in [-0.3, -0.25) is 0 Å². The number of hydrogen-bond donors (Lipinski definition) is 2. The van der Waals surface area contributed by atoms with Gasteiger partial charge in [0.2, 0.25) is 10.0 Å². The first kappa shape index (κ1) is 13.9. The number of hydrogen-bond acceptors (Lipinski definition) is 3. The molecule has 0 heterocycles. The van der Waals surface area contributed by atoms with E-state index in [1.54, 1.807) is 0 Å². The van der Waals surface area contributed by atoms with Crippen LogP contribution in [0.25, 0.3) is 0 Å². The fraction of sp³-hybridized carbons (Fsp3) is 1.00. The van der Waals surface area contributed by atoms with E-state index in [2.05, 4.69) is 18.6 Å². The Bertz CT molecular complexity index is 338. The van der Waals surface area contributed by atoms with E-state index in [0.29, 0.717) is 18.5 Å². The van der Waals surface area contributed by atoms with Gasteiger partial charge in [0.05, 0.1) is 6.26 Å². The van der Waals surface area contributed by atoms with Crippen LogP contribution in [0.1, 0.15) is 39.5 Å². The monoisotopic (exact) mass is 248 g/mol. The first-order valence-corrected chi connectivity index (χ1v) is 7.72. The second-order valence-electron chi connectivity index (χ2n) is 5.96. The molecule has 3 N–H and O–H groups in total. The van der Waals surface area contributed by atoms with E-state index in [1.165, 1.54) is 12.7 Å². The van der Waals surface area contributed by atoms with Crippen molar-refractivity contribution in [2.45, 2.75) is 39.5 Å². The largest absolute Gasteiger partial charge is 0.330 e. The van der Waals surface area contributed by atoms with Crippen LogP contribution in [0.5, 0.6) is 0 Å². The Balaban J connectivity index is 2.50. The summed E-state index contributed by atoms with van der Waals surface area (Å²) in [6.45, 7) is 5.68. The third kappa shape index (κ3) is 4.03. The summed E-state index contributed by atoms with van der Waals surface area (Å²) in [5.41, 5.74) is 6.35. The van der Waals surface area contributed by atoms with Crippen LogP contribution in [0.4, 0.5) is 0 Å². The molecule has 1 aliphatic rings. The first-order chi connectivity index (χ1) is 7.18. The number of rotatable bonds is 5. The standard InChI is InChI=1S/C11H24N2O2S/c1-10(2)4-5-11(8-10,9-12)6-7-13-16(3,14)15/h13H,4-9,12H2,1-3H3. The zero-order valence-corrected chi connectivity index (χ0v) is 11.4. The molecule has 0 radical (unpaired) electrons. The van der Waals surface area contributed by atoms with Crippen molar-refractivity contribution in [2.75, 3.05) is 19.3 Å². The van der Waals surface area contributed by atoms with Crippen LogP contribution in [0.15, 0.2) is 0 Å². The molecule has 0 spiro atoms. The van der Waals surface area contributed by atoms with Crippen molar-refractivity contribution in [3.63, 3.8) is 0 Å². The van der Waals surface area contributed by atoms with Crippen LogP contribution >= 0.6 is 0 Å². The lowest BCUT2D eigenvalue weighted by Gasteiger charge is -2.29. The van der Waals surface area contributed by atoms with Crippen LogP contribution in [-0.2, 0) is 10.0 Å². The van der Waals surface area contributed by atoms with E-state index in [-0.39, 0.29) is 5.41 Å². The van der Waals surface area contributed by atoms with Gasteiger partial charge in [0, 0.05) is 6.54 Å². The predicted octanol–water partition coefficient (Wildman–Crippen LogP) is 1.08. The summed E-state index contributed by atoms with van der Waals surface area (Å²) in [4.78, 5) is 0. The lowest BCUT2D eigenvalue weighted by Crippen LogP contribution is -2.34. The highest BCUT2D eigenvalue weighted by Gasteiger charge is 2.41. The summed E-state index contributed by atoms with van der Waals surface area (Å²) in [7, 11) is -3.07. The molecule has 0 aliphatic heterocycles. The Labute approximate surface area is 99.0 Å². The van der Waals surface area contributed by atoms with Crippen molar-refractivity contribution >= 4 is 10.0 Å². The van der Waals surface area contributed by atoms with Crippen molar-refractivity contribution in [3.05, 3.63) is 0 Å². The fourth-order valence-corrected chi connectivity index (χ4v) is 3.26. The molecule has 0 amide bonds. The highest BCUT2D eigenvalue weighted by molar-refractivity contribution is 7.88. The van der Waals surface area contributed by atoms with Gasteiger partial charge in [0.25, 0.3) is 0 Å². The first-order valence-electron chi connectivity index (χ1n) is 5.83. The number of sulfonamides is 1. The minimum Gasteiger partial charge on any atom is -0.330 e. The minimum absolute atomic E-state index is 0.140. The van der Waals surface area contributed by atoms with Crippen molar-refractivity contribution in [1.29, 1.82) is 0 Å². The molecule has 0 aromatic heterocycles. The molecular weight excluding hydrogens is 224 g/mol. The lowest BCUT2D eigenvalue weighted by atomic mass is 9.79. The van der Waals surface area contributed by atoms with Crippen LogP contribution < -0.4 is 10.5 Å². The third-order valence-electron chi connectivity index (χ3n) is 3.64. The average molecular weight is 248 g/mol. The molecule has 0 aromatic rings. The molecule has 1 saturated carbocycles. The van der Waals surface area contributed by atoms with Crippen LogP contribution in [0, 0.1) is 10.8 Å². The molecule has 0 bridgehead atoms. The molecule has 1 aliphatic carbocycles. The Morgan fingerprint density at radius 1 is 1.31 bits per heavy atom. The van der Waals surface area contributed by atoms with Gasteiger partial charge in [-0.15, -0.1) is 0 Å². The molecule has 1 atom stereocenters. The summed E-state index contributed by atoms with van der Waals surface area (Å²) >= 11 is 0. The summed E-state index contributed by atoms with van der Waals surface area (Å²) < 4.78 is 24.5. The molecule has 16 heavy (non-hydrogen) atoms. The van der Waals surface area contributed by atoms with Crippen LogP contribution in [0.3, 0.4) is 0 Å². The summed E-state index contributed by atoms with van der Waals surface area (Å²) in [6, 6.07) is 0.